The number of aromatic nitrogens is 3. The van der Waals surface area contributed by atoms with Gasteiger partial charge in [0.15, 0.2) is 11.6 Å². The van der Waals surface area contributed by atoms with Crippen LogP contribution in [-0.2, 0) is 0 Å². The predicted molar refractivity (Wildman–Crippen MR) is 121 cm³/mol. The minimum atomic E-state index is -1.33. The minimum absolute atomic E-state index is 0.0230. The molecule has 0 aliphatic carbocycles. The van der Waals surface area contributed by atoms with Gasteiger partial charge in [-0.05, 0) is 25.0 Å². The van der Waals surface area contributed by atoms with Crippen LogP contribution < -0.4 is 20.0 Å². The van der Waals surface area contributed by atoms with Gasteiger partial charge in [0, 0.05) is 38.7 Å². The van der Waals surface area contributed by atoms with Crippen LogP contribution in [0.4, 0.5) is 16.0 Å². The molecule has 0 unspecified atom stereocenters. The fourth-order valence-corrected chi connectivity index (χ4v) is 4.79. The molecule has 33 heavy (non-hydrogen) atoms. The number of aromatic carboxylic acids is 1. The summed E-state index contributed by atoms with van der Waals surface area (Å²) >= 11 is 0. The summed E-state index contributed by atoms with van der Waals surface area (Å²) in [5.41, 5.74) is -0.325. The number of likely N-dealkylation sites (N-methyl/N-ethyl adjacent to an activating group) is 1. The highest BCUT2D eigenvalue weighted by Gasteiger charge is 2.35. The van der Waals surface area contributed by atoms with Gasteiger partial charge in [0.2, 0.25) is 11.4 Å². The normalized spacial score (nSPS) is 19.5. The average Bonchev–Trinajstić information content (AvgIpc) is 3.30. The number of ether oxygens (including phenoxy) is 1. The van der Waals surface area contributed by atoms with Crippen molar-refractivity contribution >= 4 is 28.5 Å². The Bertz CT molecular complexity index is 1300. The monoisotopic (exact) mass is 453 g/mol. The second-order valence-electron chi connectivity index (χ2n) is 8.44. The Morgan fingerprint density at radius 1 is 1.36 bits per heavy atom. The minimum Gasteiger partial charge on any atom is -0.487 e. The first-order chi connectivity index (χ1) is 15.9. The number of rotatable bonds is 5. The van der Waals surface area contributed by atoms with E-state index in [-0.39, 0.29) is 29.6 Å². The summed E-state index contributed by atoms with van der Waals surface area (Å²) in [6, 6.07) is 2.82. The highest BCUT2D eigenvalue weighted by molar-refractivity contribution is 5.97. The summed E-state index contributed by atoms with van der Waals surface area (Å²) in [5, 5.41) is 9.52. The van der Waals surface area contributed by atoms with Crippen molar-refractivity contribution in [3.63, 3.8) is 0 Å². The molecule has 1 saturated heterocycles. The lowest BCUT2D eigenvalue weighted by Crippen LogP contribution is -2.36. The first kappa shape index (κ1) is 21.2. The lowest BCUT2D eigenvalue weighted by molar-refractivity contribution is 0.0694. The van der Waals surface area contributed by atoms with Crippen LogP contribution in [-0.4, -0.2) is 58.4 Å². The molecule has 3 aromatic rings. The Balaban J connectivity index is 1.60. The molecule has 2 aliphatic rings. The van der Waals surface area contributed by atoms with Gasteiger partial charge in [0.25, 0.3) is 0 Å². The number of carboxylic acid groups (broad SMARTS) is 1. The van der Waals surface area contributed by atoms with E-state index in [9.17, 15) is 14.7 Å². The van der Waals surface area contributed by atoms with Crippen LogP contribution in [0.25, 0.3) is 10.9 Å². The molecular weight excluding hydrogens is 429 g/mol. The highest BCUT2D eigenvalue weighted by Crippen LogP contribution is 2.43. The molecule has 2 atom stereocenters. The molecule has 0 radical (unpaired) electrons. The fourth-order valence-electron chi connectivity index (χ4n) is 4.79. The molecule has 1 aromatic carbocycles. The summed E-state index contributed by atoms with van der Waals surface area (Å²) < 4.78 is 23.3. The third-order valence-corrected chi connectivity index (χ3v) is 6.61. The summed E-state index contributed by atoms with van der Waals surface area (Å²) in [6.07, 6.45) is 6.18. The number of carbonyl (C=O) groups is 1. The highest BCUT2D eigenvalue weighted by atomic mass is 19.1. The Morgan fingerprint density at radius 3 is 2.82 bits per heavy atom. The Labute approximate surface area is 189 Å². The Hall–Kier alpha value is -3.69. The number of nitrogens with zero attached hydrogens (tertiary/aromatic N) is 5. The van der Waals surface area contributed by atoms with Gasteiger partial charge in [0.1, 0.15) is 17.9 Å². The van der Waals surface area contributed by atoms with Crippen molar-refractivity contribution in [3.05, 3.63) is 52.3 Å². The number of hydrogen-bond donors (Lipinski definition) is 1. The maximum atomic E-state index is 15.5. The van der Waals surface area contributed by atoms with Crippen LogP contribution in [0.5, 0.6) is 5.75 Å². The van der Waals surface area contributed by atoms with Gasteiger partial charge >= 0.3 is 5.97 Å². The largest absolute Gasteiger partial charge is 0.487 e. The summed E-state index contributed by atoms with van der Waals surface area (Å²) in [5.74, 6) is -1.03. The van der Waals surface area contributed by atoms with Crippen LogP contribution >= 0.6 is 0 Å². The van der Waals surface area contributed by atoms with E-state index in [1.54, 1.807) is 23.0 Å². The third kappa shape index (κ3) is 3.37. The zero-order valence-electron chi connectivity index (χ0n) is 18.4. The maximum absolute atomic E-state index is 15.5. The molecule has 0 spiro atoms. The third-order valence-electron chi connectivity index (χ3n) is 6.61. The van der Waals surface area contributed by atoms with E-state index < -0.39 is 17.2 Å². The van der Waals surface area contributed by atoms with E-state index in [2.05, 4.69) is 9.97 Å². The quantitative estimate of drug-likeness (QED) is 0.629. The van der Waals surface area contributed by atoms with Gasteiger partial charge in [-0.15, -0.1) is 0 Å². The van der Waals surface area contributed by atoms with Crippen molar-refractivity contribution in [3.8, 4) is 5.75 Å². The summed E-state index contributed by atoms with van der Waals surface area (Å²) in [4.78, 5) is 37.0. The number of anilines is 2. The smallest absolute Gasteiger partial charge is 0.341 e. The summed E-state index contributed by atoms with van der Waals surface area (Å²) in [6.45, 7) is 3.35. The van der Waals surface area contributed by atoms with Crippen molar-refractivity contribution < 1.29 is 19.0 Å². The fraction of sp³-hybridized carbons (Fsp3) is 0.391. The van der Waals surface area contributed by atoms with Crippen molar-refractivity contribution in [1.29, 1.82) is 0 Å². The molecule has 9 nitrogen and oxygen atoms in total. The molecule has 4 heterocycles. The molecule has 0 amide bonds. The Kier molecular flexibility index (Phi) is 5.15. The number of benzene rings is 1. The second kappa shape index (κ2) is 8.02. The van der Waals surface area contributed by atoms with Crippen molar-refractivity contribution in [2.24, 2.45) is 0 Å². The second-order valence-corrected chi connectivity index (χ2v) is 8.44. The van der Waals surface area contributed by atoms with Gasteiger partial charge in [-0.2, -0.15) is 0 Å². The number of halogens is 1. The lowest BCUT2D eigenvalue weighted by atomic mass is 10.0. The van der Waals surface area contributed by atoms with E-state index in [1.165, 1.54) is 6.20 Å². The number of hydrogen-bond acceptors (Lipinski definition) is 7. The van der Waals surface area contributed by atoms with Crippen LogP contribution in [0.15, 0.2) is 35.5 Å². The van der Waals surface area contributed by atoms with Crippen LogP contribution in [0.1, 0.15) is 36.2 Å². The van der Waals surface area contributed by atoms with Crippen molar-refractivity contribution in [2.75, 3.05) is 36.5 Å². The average molecular weight is 453 g/mol. The van der Waals surface area contributed by atoms with Gasteiger partial charge < -0.3 is 24.2 Å². The first-order valence-electron chi connectivity index (χ1n) is 10.9. The zero-order valence-corrected chi connectivity index (χ0v) is 18.4. The molecule has 1 N–H and O–H groups in total. The van der Waals surface area contributed by atoms with E-state index >= 15 is 4.39 Å². The standard InChI is InChI=1S/C23H24FN5O4/c1-3-13-12-33-21-18-15(20(30)16(22(31)32)11-29(13)18)9-17(24)19(21)28-8-5-14(10-28)27(2)23-25-6-4-7-26-23/h4,6-7,9,11,13-14H,3,5,8,10,12H2,1-2H3,(H,31,32)/t13-,14+/m0/s1. The number of pyridine rings is 1. The topological polar surface area (TPSA) is 101 Å². The molecule has 2 aliphatic heterocycles. The van der Waals surface area contributed by atoms with E-state index in [4.69, 9.17) is 4.74 Å². The zero-order chi connectivity index (χ0) is 23.3. The molecule has 10 heteroatoms. The SMILES string of the molecule is CC[C@H]1COc2c(N3CC[C@@H](N(C)c4ncccn4)C3)c(F)cc3c(=O)c(C(=O)O)cn1c23. The molecule has 1 fully saturated rings. The van der Waals surface area contributed by atoms with Crippen LogP contribution in [0.3, 0.4) is 0 Å². The maximum Gasteiger partial charge on any atom is 0.341 e. The van der Waals surface area contributed by atoms with E-state index in [1.807, 2.05) is 23.8 Å². The van der Waals surface area contributed by atoms with Crippen LogP contribution in [0, 0.1) is 5.82 Å². The predicted octanol–water partition coefficient (Wildman–Crippen LogP) is 2.69. The summed E-state index contributed by atoms with van der Waals surface area (Å²) in [7, 11) is 1.91. The van der Waals surface area contributed by atoms with Crippen molar-refractivity contribution in [2.45, 2.75) is 31.8 Å². The van der Waals surface area contributed by atoms with Gasteiger partial charge in [-0.1, -0.05) is 6.92 Å². The molecular formula is C23H24FN5O4. The number of carboxylic acids is 1. The molecule has 0 saturated carbocycles. The lowest BCUT2D eigenvalue weighted by Gasteiger charge is -2.32. The molecule has 172 valence electrons. The van der Waals surface area contributed by atoms with Gasteiger partial charge in [-0.3, -0.25) is 4.79 Å². The van der Waals surface area contributed by atoms with E-state index in [0.717, 1.165) is 12.5 Å². The van der Waals surface area contributed by atoms with E-state index in [0.29, 0.717) is 42.4 Å². The molecule has 2 aromatic heterocycles. The first-order valence-corrected chi connectivity index (χ1v) is 10.9. The Morgan fingerprint density at radius 2 is 2.12 bits per heavy atom. The van der Waals surface area contributed by atoms with Crippen molar-refractivity contribution in [1.82, 2.24) is 14.5 Å². The van der Waals surface area contributed by atoms with Crippen LogP contribution in [0.2, 0.25) is 0 Å². The van der Waals surface area contributed by atoms with Gasteiger partial charge in [0.05, 0.1) is 23.0 Å². The molecule has 0 bridgehead atoms. The molecule has 5 rings (SSSR count). The van der Waals surface area contributed by atoms with Gasteiger partial charge in [-0.25, -0.2) is 19.2 Å².